The molecule has 1 aromatic rings. The molecule has 3 heteroatoms. The Morgan fingerprint density at radius 3 is 1.67 bits per heavy atom. The van der Waals surface area contributed by atoms with Crippen molar-refractivity contribution in [3.63, 3.8) is 0 Å². The zero-order valence-electron chi connectivity index (χ0n) is 9.76. The second-order valence-corrected chi connectivity index (χ2v) is 3.74. The Hall–Kier alpha value is -0.830. The molecule has 1 rings (SSSR count). The van der Waals surface area contributed by atoms with Crippen LogP contribution >= 0.6 is 12.6 Å². The molecule has 0 amide bonds. The zero-order chi connectivity index (χ0) is 11.4. The van der Waals surface area contributed by atoms with E-state index in [9.17, 15) is 0 Å². The van der Waals surface area contributed by atoms with Gasteiger partial charge in [0.1, 0.15) is 11.5 Å². The first-order chi connectivity index (χ1) is 7.19. The van der Waals surface area contributed by atoms with Crippen molar-refractivity contribution in [2.24, 2.45) is 0 Å². The highest BCUT2D eigenvalue weighted by Crippen LogP contribution is 2.36. The molecule has 0 radical (unpaired) electrons. The average molecular weight is 226 g/mol. The number of methoxy groups -OCH3 is 2. The van der Waals surface area contributed by atoms with Crippen LogP contribution in [-0.2, 0) is 12.8 Å². The van der Waals surface area contributed by atoms with Crippen LogP contribution in [0.15, 0.2) is 11.0 Å². The van der Waals surface area contributed by atoms with Gasteiger partial charge in [-0.15, -0.1) is 12.6 Å². The Morgan fingerprint density at radius 2 is 1.40 bits per heavy atom. The summed E-state index contributed by atoms with van der Waals surface area (Å²) in [4.78, 5) is 0.996. The molecule has 0 saturated carbocycles. The SMILES string of the molecule is CCc1c(OC)cc(OC)c(CC)c1S. The molecule has 0 aliphatic carbocycles. The molecular weight excluding hydrogens is 208 g/mol. The molecule has 0 atom stereocenters. The van der Waals surface area contributed by atoms with E-state index < -0.39 is 0 Å². The molecule has 84 valence electrons. The minimum absolute atomic E-state index is 0.858. The van der Waals surface area contributed by atoms with E-state index in [0.717, 1.165) is 40.4 Å². The highest BCUT2D eigenvalue weighted by atomic mass is 32.1. The molecule has 0 aliphatic rings. The molecule has 0 spiro atoms. The van der Waals surface area contributed by atoms with Crippen LogP contribution < -0.4 is 9.47 Å². The summed E-state index contributed by atoms with van der Waals surface area (Å²) in [5.74, 6) is 1.72. The number of rotatable bonds is 4. The maximum absolute atomic E-state index is 5.33. The molecule has 0 N–H and O–H groups in total. The Bertz CT molecular complexity index is 318. The standard InChI is InChI=1S/C12H18O2S/c1-5-8-10(13-3)7-11(14-4)9(6-2)12(8)15/h7,15H,5-6H2,1-4H3. The summed E-state index contributed by atoms with van der Waals surface area (Å²) in [6, 6.07) is 1.94. The van der Waals surface area contributed by atoms with Crippen molar-refractivity contribution < 1.29 is 9.47 Å². The fourth-order valence-corrected chi connectivity index (χ4v) is 2.29. The van der Waals surface area contributed by atoms with Crippen molar-refractivity contribution in [1.82, 2.24) is 0 Å². The van der Waals surface area contributed by atoms with Gasteiger partial charge in [0.2, 0.25) is 0 Å². The van der Waals surface area contributed by atoms with Crippen molar-refractivity contribution >= 4 is 12.6 Å². The molecule has 0 aliphatic heterocycles. The van der Waals surface area contributed by atoms with Gasteiger partial charge in [-0.05, 0) is 12.8 Å². The van der Waals surface area contributed by atoms with Gasteiger partial charge in [-0.25, -0.2) is 0 Å². The monoisotopic (exact) mass is 226 g/mol. The van der Waals surface area contributed by atoms with Crippen molar-refractivity contribution in [2.75, 3.05) is 14.2 Å². The van der Waals surface area contributed by atoms with Gasteiger partial charge in [0.05, 0.1) is 14.2 Å². The Kier molecular flexibility index (Phi) is 4.33. The zero-order valence-corrected chi connectivity index (χ0v) is 10.6. The number of benzene rings is 1. The quantitative estimate of drug-likeness (QED) is 0.795. The Balaban J connectivity index is 3.41. The van der Waals surface area contributed by atoms with Crippen LogP contribution in [0.3, 0.4) is 0 Å². The van der Waals surface area contributed by atoms with Crippen LogP contribution in [-0.4, -0.2) is 14.2 Å². The Morgan fingerprint density at radius 1 is 1.00 bits per heavy atom. The third kappa shape index (κ3) is 2.23. The number of hydrogen-bond acceptors (Lipinski definition) is 3. The van der Waals surface area contributed by atoms with E-state index in [4.69, 9.17) is 9.47 Å². The van der Waals surface area contributed by atoms with E-state index in [-0.39, 0.29) is 0 Å². The predicted octanol–water partition coefficient (Wildman–Crippen LogP) is 3.12. The van der Waals surface area contributed by atoms with Crippen LogP contribution in [0.1, 0.15) is 25.0 Å². The minimum atomic E-state index is 0.858. The summed E-state index contributed by atoms with van der Waals surface area (Å²) in [5.41, 5.74) is 2.30. The van der Waals surface area contributed by atoms with Crippen molar-refractivity contribution in [2.45, 2.75) is 31.6 Å². The molecule has 0 heterocycles. The van der Waals surface area contributed by atoms with E-state index in [2.05, 4.69) is 26.5 Å². The average Bonchev–Trinajstić information content (AvgIpc) is 2.27. The first-order valence-electron chi connectivity index (χ1n) is 5.15. The Labute approximate surface area is 97.0 Å². The van der Waals surface area contributed by atoms with Crippen LogP contribution in [0.5, 0.6) is 11.5 Å². The molecule has 1 aromatic carbocycles. The molecule has 0 fully saturated rings. The van der Waals surface area contributed by atoms with Gasteiger partial charge >= 0.3 is 0 Å². The van der Waals surface area contributed by atoms with Crippen LogP contribution in [0.2, 0.25) is 0 Å². The summed E-state index contributed by atoms with van der Waals surface area (Å²) in [6.07, 6.45) is 1.83. The normalized spacial score (nSPS) is 10.2. The van der Waals surface area contributed by atoms with E-state index in [1.165, 1.54) is 0 Å². The van der Waals surface area contributed by atoms with E-state index in [1.54, 1.807) is 14.2 Å². The van der Waals surface area contributed by atoms with Crippen molar-refractivity contribution in [3.05, 3.63) is 17.2 Å². The summed E-state index contributed by atoms with van der Waals surface area (Å²) >= 11 is 4.56. The maximum atomic E-state index is 5.33. The van der Waals surface area contributed by atoms with E-state index in [0.29, 0.717) is 0 Å². The highest BCUT2D eigenvalue weighted by molar-refractivity contribution is 7.80. The second kappa shape index (κ2) is 5.31. The molecule has 0 unspecified atom stereocenters. The number of thiol groups is 1. The maximum Gasteiger partial charge on any atom is 0.126 e. The summed E-state index contributed by atoms with van der Waals surface area (Å²) in [7, 11) is 3.35. The molecule has 2 nitrogen and oxygen atoms in total. The minimum Gasteiger partial charge on any atom is -0.496 e. The lowest BCUT2D eigenvalue weighted by Crippen LogP contribution is -1.99. The smallest absolute Gasteiger partial charge is 0.126 e. The van der Waals surface area contributed by atoms with Gasteiger partial charge in [-0.1, -0.05) is 13.8 Å². The van der Waals surface area contributed by atoms with E-state index in [1.807, 2.05) is 6.07 Å². The number of hydrogen-bond donors (Lipinski definition) is 1. The molecule has 0 bridgehead atoms. The van der Waals surface area contributed by atoms with Gasteiger partial charge in [0.15, 0.2) is 0 Å². The fourth-order valence-electron chi connectivity index (χ4n) is 1.76. The van der Waals surface area contributed by atoms with Crippen LogP contribution in [0.4, 0.5) is 0 Å². The number of ether oxygens (including phenoxy) is 2. The first-order valence-corrected chi connectivity index (χ1v) is 5.59. The van der Waals surface area contributed by atoms with Gasteiger partial charge in [0, 0.05) is 22.1 Å². The van der Waals surface area contributed by atoms with Crippen LogP contribution in [0, 0.1) is 0 Å². The predicted molar refractivity (Wildman–Crippen MR) is 65.6 cm³/mol. The van der Waals surface area contributed by atoms with E-state index >= 15 is 0 Å². The van der Waals surface area contributed by atoms with Gasteiger partial charge in [0.25, 0.3) is 0 Å². The lowest BCUT2D eigenvalue weighted by atomic mass is 10.0. The van der Waals surface area contributed by atoms with Gasteiger partial charge in [-0.3, -0.25) is 0 Å². The van der Waals surface area contributed by atoms with Gasteiger partial charge < -0.3 is 9.47 Å². The second-order valence-electron chi connectivity index (χ2n) is 3.29. The third-order valence-electron chi connectivity index (χ3n) is 2.58. The summed E-state index contributed by atoms with van der Waals surface area (Å²) < 4.78 is 10.7. The first kappa shape index (κ1) is 12.2. The fraction of sp³-hybridized carbons (Fsp3) is 0.500. The van der Waals surface area contributed by atoms with Crippen molar-refractivity contribution in [3.8, 4) is 11.5 Å². The van der Waals surface area contributed by atoms with Crippen LogP contribution in [0.25, 0.3) is 0 Å². The third-order valence-corrected chi connectivity index (χ3v) is 3.12. The molecular formula is C12H18O2S. The summed E-state index contributed by atoms with van der Waals surface area (Å²) in [6.45, 7) is 4.20. The lowest BCUT2D eigenvalue weighted by molar-refractivity contribution is 0.385. The molecule has 0 aromatic heterocycles. The van der Waals surface area contributed by atoms with Crippen molar-refractivity contribution in [1.29, 1.82) is 0 Å². The van der Waals surface area contributed by atoms with Gasteiger partial charge in [-0.2, -0.15) is 0 Å². The lowest BCUT2D eigenvalue weighted by Gasteiger charge is -2.16. The highest BCUT2D eigenvalue weighted by Gasteiger charge is 2.14. The molecule has 0 saturated heterocycles. The molecule has 15 heavy (non-hydrogen) atoms. The largest absolute Gasteiger partial charge is 0.496 e. The summed E-state index contributed by atoms with van der Waals surface area (Å²) in [5, 5.41) is 0. The topological polar surface area (TPSA) is 18.5 Å².